The van der Waals surface area contributed by atoms with E-state index in [0.717, 1.165) is 0 Å². The van der Waals surface area contributed by atoms with Gasteiger partial charge in [0.05, 0.1) is 5.54 Å². The van der Waals surface area contributed by atoms with Crippen molar-refractivity contribution in [2.75, 3.05) is 7.05 Å². The highest BCUT2D eigenvalue weighted by atomic mass is 16.5. The van der Waals surface area contributed by atoms with Crippen LogP contribution in [0, 0.1) is 0 Å². The molecule has 0 saturated heterocycles. The first-order chi connectivity index (χ1) is 5.96. The van der Waals surface area contributed by atoms with E-state index >= 15 is 0 Å². The SMILES string of the molecule is CNC(=O)c1conc1C(C)(C)N. The Balaban J connectivity index is 3.10. The topological polar surface area (TPSA) is 81.2 Å². The quantitative estimate of drug-likeness (QED) is 0.687. The fraction of sp³-hybridized carbons (Fsp3) is 0.500. The molecule has 0 aliphatic rings. The van der Waals surface area contributed by atoms with Gasteiger partial charge in [-0.2, -0.15) is 0 Å². The number of hydrogen-bond acceptors (Lipinski definition) is 4. The fourth-order valence-corrected chi connectivity index (χ4v) is 0.997. The van der Waals surface area contributed by atoms with Crippen molar-refractivity contribution in [2.24, 2.45) is 5.73 Å². The third kappa shape index (κ3) is 1.86. The minimum absolute atomic E-state index is 0.241. The summed E-state index contributed by atoms with van der Waals surface area (Å²) in [5.41, 5.74) is 5.97. The summed E-state index contributed by atoms with van der Waals surface area (Å²) >= 11 is 0. The first-order valence-corrected chi connectivity index (χ1v) is 3.92. The van der Waals surface area contributed by atoms with Gasteiger partial charge < -0.3 is 15.6 Å². The fourth-order valence-electron chi connectivity index (χ4n) is 0.997. The van der Waals surface area contributed by atoms with E-state index in [1.807, 2.05) is 0 Å². The Morgan fingerprint density at radius 2 is 2.31 bits per heavy atom. The molecule has 0 spiro atoms. The summed E-state index contributed by atoms with van der Waals surface area (Å²) in [6.45, 7) is 3.52. The van der Waals surface area contributed by atoms with Crippen LogP contribution in [0.1, 0.15) is 29.9 Å². The Kier molecular flexibility index (Phi) is 2.38. The molecule has 0 radical (unpaired) electrons. The second-order valence-electron chi connectivity index (χ2n) is 3.38. The second kappa shape index (κ2) is 3.18. The summed E-state index contributed by atoms with van der Waals surface area (Å²) < 4.78 is 4.70. The molecule has 5 nitrogen and oxygen atoms in total. The van der Waals surface area contributed by atoms with Crippen molar-refractivity contribution in [2.45, 2.75) is 19.4 Å². The van der Waals surface area contributed by atoms with Crippen LogP contribution >= 0.6 is 0 Å². The first-order valence-electron chi connectivity index (χ1n) is 3.92. The van der Waals surface area contributed by atoms with Crippen LogP contribution in [0.4, 0.5) is 0 Å². The molecular formula is C8H13N3O2. The highest BCUT2D eigenvalue weighted by Gasteiger charge is 2.25. The van der Waals surface area contributed by atoms with Gasteiger partial charge in [0.15, 0.2) is 0 Å². The van der Waals surface area contributed by atoms with E-state index in [0.29, 0.717) is 11.3 Å². The van der Waals surface area contributed by atoms with Crippen LogP contribution in [0.5, 0.6) is 0 Å². The Morgan fingerprint density at radius 1 is 1.69 bits per heavy atom. The lowest BCUT2D eigenvalue weighted by atomic mass is 9.98. The molecule has 1 heterocycles. The van der Waals surface area contributed by atoms with E-state index < -0.39 is 5.54 Å². The first kappa shape index (κ1) is 9.73. The largest absolute Gasteiger partial charge is 0.364 e. The Morgan fingerprint density at radius 3 is 2.77 bits per heavy atom. The maximum atomic E-state index is 11.3. The van der Waals surface area contributed by atoms with Crippen molar-refractivity contribution in [1.29, 1.82) is 0 Å². The van der Waals surface area contributed by atoms with Crippen molar-refractivity contribution in [3.8, 4) is 0 Å². The Labute approximate surface area is 76.3 Å². The van der Waals surface area contributed by atoms with E-state index in [2.05, 4.69) is 10.5 Å². The molecule has 0 bridgehead atoms. The smallest absolute Gasteiger partial charge is 0.256 e. The summed E-state index contributed by atoms with van der Waals surface area (Å²) in [7, 11) is 1.54. The number of carbonyl (C=O) groups is 1. The maximum absolute atomic E-state index is 11.3. The molecule has 1 aromatic rings. The molecule has 1 amide bonds. The number of rotatable bonds is 2. The minimum Gasteiger partial charge on any atom is -0.364 e. The van der Waals surface area contributed by atoms with Crippen LogP contribution in [0.25, 0.3) is 0 Å². The van der Waals surface area contributed by atoms with Crippen LogP contribution in [0.15, 0.2) is 10.8 Å². The lowest BCUT2D eigenvalue weighted by molar-refractivity contribution is 0.0960. The monoisotopic (exact) mass is 183 g/mol. The Hall–Kier alpha value is -1.36. The van der Waals surface area contributed by atoms with Crippen LogP contribution in [0.2, 0.25) is 0 Å². The van der Waals surface area contributed by atoms with Gasteiger partial charge in [-0.25, -0.2) is 0 Å². The van der Waals surface area contributed by atoms with E-state index in [-0.39, 0.29) is 5.91 Å². The summed E-state index contributed by atoms with van der Waals surface area (Å²) in [6.07, 6.45) is 1.29. The third-order valence-electron chi connectivity index (χ3n) is 1.65. The van der Waals surface area contributed by atoms with Crippen molar-refractivity contribution >= 4 is 5.91 Å². The van der Waals surface area contributed by atoms with Gasteiger partial charge in [-0.1, -0.05) is 5.16 Å². The molecule has 13 heavy (non-hydrogen) atoms. The Bertz CT molecular complexity index is 311. The van der Waals surface area contributed by atoms with Gasteiger partial charge in [0, 0.05) is 7.05 Å². The number of carbonyl (C=O) groups excluding carboxylic acids is 1. The molecule has 3 N–H and O–H groups in total. The summed E-state index contributed by atoms with van der Waals surface area (Å²) in [5.74, 6) is -0.241. The normalized spacial score (nSPS) is 11.4. The molecule has 0 fully saturated rings. The van der Waals surface area contributed by atoms with Crippen LogP contribution in [-0.2, 0) is 5.54 Å². The average molecular weight is 183 g/mol. The van der Waals surface area contributed by atoms with Crippen LogP contribution in [-0.4, -0.2) is 18.1 Å². The number of aromatic nitrogens is 1. The van der Waals surface area contributed by atoms with E-state index in [4.69, 9.17) is 10.3 Å². The van der Waals surface area contributed by atoms with E-state index in [1.54, 1.807) is 20.9 Å². The average Bonchev–Trinajstić information content (AvgIpc) is 2.49. The molecular weight excluding hydrogens is 170 g/mol. The molecule has 0 aliphatic carbocycles. The second-order valence-corrected chi connectivity index (χ2v) is 3.38. The molecule has 1 aromatic heterocycles. The van der Waals surface area contributed by atoms with Crippen molar-refractivity contribution in [3.63, 3.8) is 0 Å². The summed E-state index contributed by atoms with van der Waals surface area (Å²) in [4.78, 5) is 11.3. The molecule has 0 atom stereocenters. The predicted octanol–water partition coefficient (Wildman–Crippen LogP) is 0.228. The van der Waals surface area contributed by atoms with Crippen LogP contribution < -0.4 is 11.1 Å². The van der Waals surface area contributed by atoms with Gasteiger partial charge >= 0.3 is 0 Å². The molecule has 1 rings (SSSR count). The summed E-state index contributed by atoms with van der Waals surface area (Å²) in [6, 6.07) is 0. The number of nitrogens with one attached hydrogen (secondary N) is 1. The molecule has 0 saturated carbocycles. The number of hydrogen-bond donors (Lipinski definition) is 2. The molecule has 0 aliphatic heterocycles. The standard InChI is InChI=1S/C8H13N3O2/c1-8(2,9)6-5(4-13-11-6)7(12)10-3/h4H,9H2,1-3H3,(H,10,12). The zero-order valence-corrected chi connectivity index (χ0v) is 7.92. The predicted molar refractivity (Wildman–Crippen MR) is 47.1 cm³/mol. The maximum Gasteiger partial charge on any atom is 0.256 e. The lowest BCUT2D eigenvalue weighted by Gasteiger charge is -2.15. The van der Waals surface area contributed by atoms with Crippen molar-refractivity contribution < 1.29 is 9.32 Å². The third-order valence-corrected chi connectivity index (χ3v) is 1.65. The van der Waals surface area contributed by atoms with Gasteiger partial charge in [-0.15, -0.1) is 0 Å². The van der Waals surface area contributed by atoms with Gasteiger partial charge in [-0.3, -0.25) is 4.79 Å². The lowest BCUT2D eigenvalue weighted by Crippen LogP contribution is -2.32. The molecule has 5 heteroatoms. The highest BCUT2D eigenvalue weighted by molar-refractivity contribution is 5.94. The van der Waals surface area contributed by atoms with Crippen LogP contribution in [0.3, 0.4) is 0 Å². The van der Waals surface area contributed by atoms with Gasteiger partial charge in [0.25, 0.3) is 5.91 Å². The molecule has 0 unspecified atom stereocenters. The molecule has 0 aromatic carbocycles. The van der Waals surface area contributed by atoms with E-state index in [9.17, 15) is 4.79 Å². The van der Waals surface area contributed by atoms with Gasteiger partial charge in [-0.05, 0) is 13.8 Å². The molecule has 72 valence electrons. The zero-order chi connectivity index (χ0) is 10.1. The van der Waals surface area contributed by atoms with Gasteiger partial charge in [0.2, 0.25) is 0 Å². The highest BCUT2D eigenvalue weighted by Crippen LogP contribution is 2.19. The van der Waals surface area contributed by atoms with Crippen molar-refractivity contribution in [3.05, 3.63) is 17.5 Å². The number of nitrogens with two attached hydrogens (primary N) is 1. The van der Waals surface area contributed by atoms with Gasteiger partial charge in [0.1, 0.15) is 17.5 Å². The summed E-state index contributed by atoms with van der Waals surface area (Å²) in [5, 5.41) is 6.18. The number of nitrogens with zero attached hydrogens (tertiary/aromatic N) is 1. The van der Waals surface area contributed by atoms with Crippen molar-refractivity contribution in [1.82, 2.24) is 10.5 Å². The number of amides is 1. The zero-order valence-electron chi connectivity index (χ0n) is 7.92. The van der Waals surface area contributed by atoms with E-state index in [1.165, 1.54) is 6.26 Å². The minimum atomic E-state index is -0.672.